The number of amides is 1. The lowest BCUT2D eigenvalue weighted by atomic mass is 10.1. The number of hydrogen-bond donors (Lipinski definition) is 3. The third-order valence-corrected chi connectivity index (χ3v) is 3.15. The van der Waals surface area contributed by atoms with Gasteiger partial charge in [0.15, 0.2) is 0 Å². The molecule has 1 atom stereocenters. The molecule has 4 N–H and O–H groups in total. The van der Waals surface area contributed by atoms with E-state index in [1.165, 1.54) is 0 Å². The summed E-state index contributed by atoms with van der Waals surface area (Å²) in [6.45, 7) is 10.0. The van der Waals surface area contributed by atoms with E-state index in [-0.39, 0.29) is 6.04 Å². The maximum Gasteiger partial charge on any atom is 0.407 e. The van der Waals surface area contributed by atoms with Gasteiger partial charge in [0.1, 0.15) is 11.4 Å². The average molecular weight is 337 g/mol. The molecule has 0 aromatic heterocycles. The number of rotatable bonds is 9. The summed E-state index contributed by atoms with van der Waals surface area (Å²) in [5, 5.41) is 6.16. The van der Waals surface area contributed by atoms with Gasteiger partial charge >= 0.3 is 6.09 Å². The molecule has 0 spiro atoms. The minimum atomic E-state index is -0.515. The molecule has 0 bridgehead atoms. The van der Waals surface area contributed by atoms with Crippen LogP contribution >= 0.6 is 0 Å². The summed E-state index contributed by atoms with van der Waals surface area (Å²) in [7, 11) is 0. The van der Waals surface area contributed by atoms with E-state index in [4.69, 9.17) is 15.2 Å². The van der Waals surface area contributed by atoms with Crippen LogP contribution in [0.5, 0.6) is 5.75 Å². The van der Waals surface area contributed by atoms with Gasteiger partial charge in [0, 0.05) is 25.7 Å². The first-order valence-corrected chi connectivity index (χ1v) is 8.46. The Bertz CT molecular complexity index is 483. The van der Waals surface area contributed by atoms with Crippen molar-refractivity contribution in [3.8, 4) is 5.75 Å². The summed E-state index contributed by atoms with van der Waals surface area (Å²) in [5.74, 6) is 0.846. The van der Waals surface area contributed by atoms with Gasteiger partial charge < -0.3 is 25.8 Å². The zero-order chi connectivity index (χ0) is 18.0. The molecule has 1 unspecified atom stereocenters. The molecular weight excluding hydrogens is 306 g/mol. The Morgan fingerprint density at radius 2 is 1.92 bits per heavy atom. The Morgan fingerprint density at radius 1 is 1.25 bits per heavy atom. The number of alkyl carbamates (subject to hydrolysis) is 1. The van der Waals surface area contributed by atoms with E-state index in [0.29, 0.717) is 32.7 Å². The highest BCUT2D eigenvalue weighted by molar-refractivity contribution is 5.68. The molecule has 0 radical (unpaired) electrons. The van der Waals surface area contributed by atoms with Gasteiger partial charge in [0.2, 0.25) is 0 Å². The number of nitrogens with one attached hydrogen (secondary N) is 2. The molecule has 0 saturated heterocycles. The lowest BCUT2D eigenvalue weighted by Crippen LogP contribution is -2.46. The van der Waals surface area contributed by atoms with Gasteiger partial charge in [-0.05, 0) is 51.8 Å². The van der Waals surface area contributed by atoms with Crippen LogP contribution in [0.25, 0.3) is 0 Å². The van der Waals surface area contributed by atoms with E-state index in [1.807, 2.05) is 52.0 Å². The van der Waals surface area contributed by atoms with E-state index in [2.05, 4.69) is 10.6 Å². The van der Waals surface area contributed by atoms with E-state index < -0.39 is 11.7 Å². The number of ether oxygens (including phenoxy) is 2. The largest absolute Gasteiger partial charge is 0.494 e. The first-order valence-electron chi connectivity index (χ1n) is 8.46. The van der Waals surface area contributed by atoms with Crippen molar-refractivity contribution in [2.45, 2.75) is 45.8 Å². The third-order valence-electron chi connectivity index (χ3n) is 3.15. The Kier molecular flexibility index (Phi) is 8.57. The van der Waals surface area contributed by atoms with Crippen LogP contribution in [0, 0.1) is 0 Å². The molecule has 0 fully saturated rings. The molecule has 1 rings (SSSR count). The SMILES string of the molecule is CCOc1ccc(CC(CNCCN)NC(=O)OC(C)(C)C)cc1. The molecule has 0 aliphatic heterocycles. The fourth-order valence-corrected chi connectivity index (χ4v) is 2.20. The smallest absolute Gasteiger partial charge is 0.407 e. The van der Waals surface area contributed by atoms with Gasteiger partial charge in [-0.3, -0.25) is 0 Å². The maximum absolute atomic E-state index is 12.0. The topological polar surface area (TPSA) is 85.6 Å². The molecule has 1 aromatic rings. The zero-order valence-electron chi connectivity index (χ0n) is 15.2. The van der Waals surface area contributed by atoms with Gasteiger partial charge in [0.25, 0.3) is 0 Å². The van der Waals surface area contributed by atoms with Crippen molar-refractivity contribution < 1.29 is 14.3 Å². The normalized spacial score (nSPS) is 12.5. The van der Waals surface area contributed by atoms with Gasteiger partial charge in [0.05, 0.1) is 6.61 Å². The molecule has 6 heteroatoms. The quantitative estimate of drug-likeness (QED) is 0.601. The maximum atomic E-state index is 12.0. The summed E-state index contributed by atoms with van der Waals surface area (Å²) in [6.07, 6.45) is 0.288. The number of carbonyl (C=O) groups excluding carboxylic acids is 1. The number of nitrogens with two attached hydrogens (primary N) is 1. The van der Waals surface area contributed by atoms with Crippen LogP contribution in [0.2, 0.25) is 0 Å². The van der Waals surface area contributed by atoms with Crippen molar-refractivity contribution in [1.82, 2.24) is 10.6 Å². The van der Waals surface area contributed by atoms with Crippen LogP contribution in [0.1, 0.15) is 33.3 Å². The van der Waals surface area contributed by atoms with Crippen molar-refractivity contribution in [2.24, 2.45) is 5.73 Å². The van der Waals surface area contributed by atoms with Gasteiger partial charge in [-0.2, -0.15) is 0 Å². The summed E-state index contributed by atoms with van der Waals surface area (Å²) in [4.78, 5) is 12.0. The Hall–Kier alpha value is -1.79. The van der Waals surface area contributed by atoms with Crippen LogP contribution in [-0.4, -0.2) is 44.0 Å². The highest BCUT2D eigenvalue weighted by atomic mass is 16.6. The minimum Gasteiger partial charge on any atom is -0.494 e. The molecule has 136 valence electrons. The monoisotopic (exact) mass is 337 g/mol. The van der Waals surface area contributed by atoms with Gasteiger partial charge in [-0.15, -0.1) is 0 Å². The zero-order valence-corrected chi connectivity index (χ0v) is 15.2. The summed E-state index contributed by atoms with van der Waals surface area (Å²) in [5.41, 5.74) is 6.11. The second-order valence-corrected chi connectivity index (χ2v) is 6.62. The average Bonchev–Trinajstić information content (AvgIpc) is 2.47. The van der Waals surface area contributed by atoms with E-state index >= 15 is 0 Å². The summed E-state index contributed by atoms with van der Waals surface area (Å²) >= 11 is 0. The highest BCUT2D eigenvalue weighted by Crippen LogP contribution is 2.14. The van der Waals surface area contributed by atoms with E-state index in [9.17, 15) is 4.79 Å². The predicted molar refractivity (Wildman–Crippen MR) is 96.4 cm³/mol. The molecular formula is C18H31N3O3. The fraction of sp³-hybridized carbons (Fsp3) is 0.611. The first kappa shape index (κ1) is 20.3. The minimum absolute atomic E-state index is 0.0793. The third kappa shape index (κ3) is 8.74. The molecule has 1 amide bonds. The van der Waals surface area contributed by atoms with Crippen molar-refractivity contribution in [3.05, 3.63) is 29.8 Å². The second-order valence-electron chi connectivity index (χ2n) is 6.62. The van der Waals surface area contributed by atoms with Crippen LogP contribution in [0.3, 0.4) is 0 Å². The van der Waals surface area contributed by atoms with Gasteiger partial charge in [-0.25, -0.2) is 4.79 Å². The Morgan fingerprint density at radius 3 is 2.46 bits per heavy atom. The van der Waals surface area contributed by atoms with Gasteiger partial charge in [-0.1, -0.05) is 12.1 Å². The molecule has 6 nitrogen and oxygen atoms in total. The molecule has 0 aliphatic rings. The van der Waals surface area contributed by atoms with E-state index in [1.54, 1.807) is 0 Å². The van der Waals surface area contributed by atoms with Crippen LogP contribution < -0.4 is 21.1 Å². The molecule has 0 heterocycles. The first-order chi connectivity index (χ1) is 11.3. The Balaban J connectivity index is 2.65. The molecule has 1 aromatic carbocycles. The molecule has 0 aliphatic carbocycles. The lowest BCUT2D eigenvalue weighted by molar-refractivity contribution is 0.0504. The summed E-state index contributed by atoms with van der Waals surface area (Å²) < 4.78 is 10.8. The summed E-state index contributed by atoms with van der Waals surface area (Å²) in [6, 6.07) is 7.83. The van der Waals surface area contributed by atoms with Crippen molar-refractivity contribution in [2.75, 3.05) is 26.2 Å². The van der Waals surface area contributed by atoms with Crippen LogP contribution in [0.4, 0.5) is 4.79 Å². The molecule has 0 saturated carbocycles. The number of hydrogen-bond acceptors (Lipinski definition) is 5. The van der Waals surface area contributed by atoms with Crippen molar-refractivity contribution in [1.29, 1.82) is 0 Å². The van der Waals surface area contributed by atoms with E-state index in [0.717, 1.165) is 11.3 Å². The predicted octanol–water partition coefficient (Wildman–Crippen LogP) is 2.07. The Labute approximate surface area is 145 Å². The fourth-order valence-electron chi connectivity index (χ4n) is 2.20. The highest BCUT2D eigenvalue weighted by Gasteiger charge is 2.19. The number of benzene rings is 1. The number of carbonyl (C=O) groups is 1. The standard InChI is InChI=1S/C18H31N3O3/c1-5-23-16-8-6-14(7-9-16)12-15(13-20-11-10-19)21-17(22)24-18(2,3)4/h6-9,15,20H,5,10-13,19H2,1-4H3,(H,21,22). The van der Waals surface area contributed by atoms with Crippen LogP contribution in [-0.2, 0) is 11.2 Å². The van der Waals surface area contributed by atoms with Crippen molar-refractivity contribution >= 4 is 6.09 Å². The lowest BCUT2D eigenvalue weighted by Gasteiger charge is -2.24. The van der Waals surface area contributed by atoms with Crippen molar-refractivity contribution in [3.63, 3.8) is 0 Å². The second kappa shape index (κ2) is 10.2. The van der Waals surface area contributed by atoms with Crippen LogP contribution in [0.15, 0.2) is 24.3 Å². The molecule has 24 heavy (non-hydrogen) atoms.